The third-order valence-electron chi connectivity index (χ3n) is 9.35. The fraction of sp³-hybridized carbons (Fsp3) is 0.625. The Kier molecular flexibility index (Phi) is 10.2. The van der Waals surface area contributed by atoms with Gasteiger partial charge in [-0.2, -0.15) is 13.2 Å². The lowest BCUT2D eigenvalue weighted by Gasteiger charge is -2.45. The minimum Gasteiger partial charge on any atom is -0.490 e. The van der Waals surface area contributed by atoms with Gasteiger partial charge in [-0.15, -0.1) is 0 Å². The second-order valence-electron chi connectivity index (χ2n) is 12.4. The highest BCUT2D eigenvalue weighted by molar-refractivity contribution is 6.36. The molecule has 2 N–H and O–H groups in total. The third kappa shape index (κ3) is 7.37. The maximum absolute atomic E-state index is 13.5. The number of pyridine rings is 1. The van der Waals surface area contributed by atoms with Gasteiger partial charge in [-0.3, -0.25) is 9.59 Å². The SMILES string of the molecule is CCN(c1cc(OC2CC(N3CCC(C)CC3)C2)cc(C(=O)NCc2c(C)cc(C(F)(F)F)[nH]c2=O)c1Cl)C1CCOCC1. The first-order valence-electron chi connectivity index (χ1n) is 15.6. The summed E-state index contributed by atoms with van der Waals surface area (Å²) in [6.45, 7) is 9.67. The van der Waals surface area contributed by atoms with Crippen LogP contribution in [0.4, 0.5) is 18.9 Å². The molecule has 12 heteroatoms. The van der Waals surface area contributed by atoms with Crippen molar-refractivity contribution in [2.75, 3.05) is 37.7 Å². The monoisotopic (exact) mass is 638 g/mol. The summed E-state index contributed by atoms with van der Waals surface area (Å²) in [7, 11) is 0. The standard InChI is InChI=1S/C32H42ClF3N4O4/c1-4-40(21-7-11-43-12-8-21)27-17-24(44-23-14-22(15-23)39-9-5-19(2)6-10-39)16-25(29(27)33)30(41)37-18-26-20(3)13-28(32(34,35)36)38-31(26)42/h13,16-17,19,21-23H,4-12,14-15,18H2,1-3H3,(H,37,41)(H,38,42). The van der Waals surface area contributed by atoms with Crippen molar-refractivity contribution in [3.8, 4) is 5.75 Å². The first kappa shape index (κ1) is 32.6. The van der Waals surface area contributed by atoms with Crippen molar-refractivity contribution in [2.24, 2.45) is 5.92 Å². The number of carbonyl (C=O) groups excluding carboxylic acids is 1. The quantitative estimate of drug-likeness (QED) is 0.354. The van der Waals surface area contributed by atoms with E-state index in [2.05, 4.69) is 22.0 Å². The molecule has 3 aliphatic rings. The molecular weight excluding hydrogens is 597 g/mol. The van der Waals surface area contributed by atoms with Crippen LogP contribution in [0.15, 0.2) is 23.0 Å². The predicted octanol–water partition coefficient (Wildman–Crippen LogP) is 5.93. The Morgan fingerprint density at radius 2 is 1.84 bits per heavy atom. The Morgan fingerprint density at radius 1 is 1.16 bits per heavy atom. The number of likely N-dealkylation sites (tertiary alicyclic amines) is 1. The Balaban J connectivity index is 1.36. The van der Waals surface area contributed by atoms with E-state index in [0.717, 1.165) is 50.8 Å². The predicted molar refractivity (Wildman–Crippen MR) is 164 cm³/mol. The fourth-order valence-corrected chi connectivity index (χ4v) is 6.82. The molecule has 2 saturated heterocycles. The summed E-state index contributed by atoms with van der Waals surface area (Å²) in [5.74, 6) is 0.769. The molecule has 0 radical (unpaired) electrons. The van der Waals surface area contributed by atoms with Gasteiger partial charge in [0, 0.05) is 62.9 Å². The minimum atomic E-state index is -4.68. The number of carbonyl (C=O) groups is 1. The second kappa shape index (κ2) is 13.7. The lowest BCUT2D eigenvalue weighted by atomic mass is 9.85. The summed E-state index contributed by atoms with van der Waals surface area (Å²) in [5.41, 5.74) is -0.987. The van der Waals surface area contributed by atoms with Crippen LogP contribution in [0, 0.1) is 12.8 Å². The molecule has 0 unspecified atom stereocenters. The van der Waals surface area contributed by atoms with Crippen LogP contribution >= 0.6 is 11.6 Å². The van der Waals surface area contributed by atoms with Gasteiger partial charge < -0.3 is 29.6 Å². The molecule has 5 rings (SSSR count). The van der Waals surface area contributed by atoms with E-state index in [9.17, 15) is 22.8 Å². The molecule has 3 heterocycles. The molecule has 1 amide bonds. The maximum atomic E-state index is 13.5. The number of ether oxygens (including phenoxy) is 2. The molecule has 1 aromatic carbocycles. The van der Waals surface area contributed by atoms with E-state index in [4.69, 9.17) is 21.1 Å². The summed E-state index contributed by atoms with van der Waals surface area (Å²) in [5, 5.41) is 2.96. The van der Waals surface area contributed by atoms with E-state index in [1.165, 1.54) is 19.8 Å². The summed E-state index contributed by atoms with van der Waals surface area (Å²) < 4.78 is 51.4. The number of anilines is 1. The van der Waals surface area contributed by atoms with Gasteiger partial charge in [0.1, 0.15) is 17.5 Å². The fourth-order valence-electron chi connectivity index (χ4n) is 6.52. The molecule has 1 aromatic heterocycles. The number of hydrogen-bond acceptors (Lipinski definition) is 6. The molecule has 3 fully saturated rings. The number of nitrogens with one attached hydrogen (secondary N) is 2. The molecule has 242 valence electrons. The van der Waals surface area contributed by atoms with E-state index in [1.807, 2.05) is 18.0 Å². The number of aromatic nitrogens is 1. The molecule has 2 aromatic rings. The van der Waals surface area contributed by atoms with Gasteiger partial charge in [-0.05, 0) is 76.2 Å². The molecule has 1 aliphatic carbocycles. The molecule has 2 aliphatic heterocycles. The van der Waals surface area contributed by atoms with E-state index >= 15 is 0 Å². The van der Waals surface area contributed by atoms with Crippen molar-refractivity contribution in [2.45, 2.75) is 90.2 Å². The number of aryl methyl sites for hydroxylation is 1. The lowest BCUT2D eigenvalue weighted by Crippen LogP contribution is -2.51. The van der Waals surface area contributed by atoms with Crippen LogP contribution in [0.2, 0.25) is 5.02 Å². The number of halogens is 4. The summed E-state index contributed by atoms with van der Waals surface area (Å²) in [6, 6.07) is 5.07. The highest BCUT2D eigenvalue weighted by atomic mass is 35.5. The van der Waals surface area contributed by atoms with Crippen molar-refractivity contribution in [1.29, 1.82) is 0 Å². The van der Waals surface area contributed by atoms with Crippen LogP contribution in [0.5, 0.6) is 5.75 Å². The summed E-state index contributed by atoms with van der Waals surface area (Å²) in [6.07, 6.45) is 1.27. The van der Waals surface area contributed by atoms with Crippen LogP contribution in [-0.4, -0.2) is 66.8 Å². The van der Waals surface area contributed by atoms with Crippen LogP contribution in [0.1, 0.15) is 79.6 Å². The second-order valence-corrected chi connectivity index (χ2v) is 12.7. The van der Waals surface area contributed by atoms with Gasteiger partial charge in [-0.25, -0.2) is 0 Å². The van der Waals surface area contributed by atoms with Gasteiger partial charge in [-0.1, -0.05) is 18.5 Å². The number of amides is 1. The van der Waals surface area contributed by atoms with Crippen LogP contribution in [-0.2, 0) is 17.5 Å². The van der Waals surface area contributed by atoms with Crippen molar-refractivity contribution < 1.29 is 27.4 Å². The van der Waals surface area contributed by atoms with Gasteiger partial charge in [0.15, 0.2) is 0 Å². The molecule has 0 bridgehead atoms. The Hall–Kier alpha value is -2.76. The number of nitrogens with zero attached hydrogens (tertiary/aromatic N) is 2. The van der Waals surface area contributed by atoms with Crippen molar-refractivity contribution >= 4 is 23.2 Å². The topological polar surface area (TPSA) is 86.9 Å². The van der Waals surface area contributed by atoms with Gasteiger partial charge in [0.05, 0.1) is 16.3 Å². The Labute approximate surface area is 261 Å². The Morgan fingerprint density at radius 3 is 2.45 bits per heavy atom. The number of benzene rings is 1. The lowest BCUT2D eigenvalue weighted by molar-refractivity contribution is -0.141. The molecule has 44 heavy (non-hydrogen) atoms. The average Bonchev–Trinajstić information content (AvgIpc) is 2.96. The maximum Gasteiger partial charge on any atom is 0.431 e. The Bertz CT molecular complexity index is 1380. The first-order valence-corrected chi connectivity index (χ1v) is 16.0. The van der Waals surface area contributed by atoms with E-state index in [0.29, 0.717) is 37.2 Å². The van der Waals surface area contributed by atoms with Gasteiger partial charge >= 0.3 is 6.18 Å². The zero-order valence-electron chi connectivity index (χ0n) is 25.6. The number of hydrogen-bond donors (Lipinski definition) is 2. The minimum absolute atomic E-state index is 0.0239. The van der Waals surface area contributed by atoms with E-state index < -0.39 is 23.3 Å². The van der Waals surface area contributed by atoms with Gasteiger partial charge in [0.2, 0.25) is 0 Å². The highest BCUT2D eigenvalue weighted by Crippen LogP contribution is 2.39. The van der Waals surface area contributed by atoms with E-state index in [1.54, 1.807) is 6.07 Å². The molecule has 8 nitrogen and oxygen atoms in total. The zero-order valence-corrected chi connectivity index (χ0v) is 26.3. The van der Waals surface area contributed by atoms with Crippen molar-refractivity contribution in [3.05, 3.63) is 56.0 Å². The molecule has 0 spiro atoms. The normalized spacial score (nSPS) is 22.0. The molecule has 1 saturated carbocycles. The number of piperidine rings is 1. The zero-order chi connectivity index (χ0) is 31.6. The van der Waals surface area contributed by atoms with E-state index in [-0.39, 0.29) is 40.4 Å². The number of alkyl halides is 3. The van der Waals surface area contributed by atoms with Crippen LogP contribution < -0.4 is 20.5 Å². The molecule has 0 atom stereocenters. The summed E-state index contributed by atoms with van der Waals surface area (Å²) >= 11 is 6.92. The average molecular weight is 639 g/mol. The highest BCUT2D eigenvalue weighted by Gasteiger charge is 2.37. The number of rotatable bonds is 9. The third-order valence-corrected chi connectivity index (χ3v) is 9.75. The van der Waals surface area contributed by atoms with Gasteiger partial charge in [0.25, 0.3) is 11.5 Å². The van der Waals surface area contributed by atoms with Crippen molar-refractivity contribution in [3.63, 3.8) is 0 Å². The smallest absolute Gasteiger partial charge is 0.431 e. The largest absolute Gasteiger partial charge is 0.490 e. The first-order chi connectivity index (χ1) is 20.9. The molecular formula is C32H42ClF3N4O4. The number of aromatic amines is 1. The number of H-pyrrole nitrogens is 1. The van der Waals surface area contributed by atoms with Crippen molar-refractivity contribution in [1.82, 2.24) is 15.2 Å². The van der Waals surface area contributed by atoms with Crippen LogP contribution in [0.25, 0.3) is 0 Å². The summed E-state index contributed by atoms with van der Waals surface area (Å²) in [4.78, 5) is 32.6. The van der Waals surface area contributed by atoms with Crippen LogP contribution in [0.3, 0.4) is 0 Å².